The highest BCUT2D eigenvalue weighted by molar-refractivity contribution is 6.29. The number of ether oxygens (including phenoxy) is 1. The monoisotopic (exact) mass is 309 g/mol. The number of para-hydroxylation sites is 1. The summed E-state index contributed by atoms with van der Waals surface area (Å²) >= 11 is 6.03. The van der Waals surface area contributed by atoms with Crippen LogP contribution in [0, 0.1) is 5.82 Å². The molecule has 0 fully saturated rings. The molecule has 0 atom stereocenters. The van der Waals surface area contributed by atoms with Gasteiger partial charge < -0.3 is 9.64 Å². The molecule has 1 aromatic carbocycles. The number of nitrogens with zero attached hydrogens (tertiary/aromatic N) is 3. The van der Waals surface area contributed by atoms with Crippen LogP contribution in [0.3, 0.4) is 0 Å². The summed E-state index contributed by atoms with van der Waals surface area (Å²) in [4.78, 5) is 10.3. The Hall–Kier alpha value is -1.72. The van der Waals surface area contributed by atoms with E-state index in [1.165, 1.54) is 6.07 Å². The number of rotatable bonds is 6. The van der Waals surface area contributed by atoms with Crippen molar-refractivity contribution < 1.29 is 9.13 Å². The van der Waals surface area contributed by atoms with Gasteiger partial charge in [0.15, 0.2) is 5.82 Å². The molecule has 4 nitrogen and oxygen atoms in total. The van der Waals surface area contributed by atoms with Gasteiger partial charge in [-0.25, -0.2) is 14.4 Å². The Morgan fingerprint density at radius 3 is 2.67 bits per heavy atom. The first-order valence-electron chi connectivity index (χ1n) is 6.79. The Labute approximate surface area is 128 Å². The minimum Gasteiger partial charge on any atom is -0.374 e. The number of halogens is 2. The van der Waals surface area contributed by atoms with E-state index < -0.39 is 0 Å². The smallest absolute Gasteiger partial charge is 0.158 e. The van der Waals surface area contributed by atoms with Gasteiger partial charge in [0.2, 0.25) is 0 Å². The molecule has 0 amide bonds. The third kappa shape index (κ3) is 3.89. The van der Waals surface area contributed by atoms with Crippen LogP contribution in [-0.4, -0.2) is 23.1 Å². The minimum atomic E-state index is -0.305. The van der Waals surface area contributed by atoms with Gasteiger partial charge in [0, 0.05) is 19.2 Å². The predicted octanol–water partition coefficient (Wildman–Crippen LogP) is 3.96. The van der Waals surface area contributed by atoms with Crippen molar-refractivity contribution in [1.29, 1.82) is 0 Å². The molecule has 0 N–H and O–H groups in total. The summed E-state index contributed by atoms with van der Waals surface area (Å²) in [6, 6.07) is 8.18. The van der Waals surface area contributed by atoms with Crippen molar-refractivity contribution in [3.8, 4) is 0 Å². The van der Waals surface area contributed by atoms with E-state index in [9.17, 15) is 4.39 Å². The molecular formula is C15H17ClFN3O. The zero-order chi connectivity index (χ0) is 15.2. The standard InChI is InChI=1S/C15H17ClFN3O/c1-3-20(12-8-6-5-7-11(12)17)15-9-13(16)18-14(19-15)10-21-4-2/h5-9H,3-4,10H2,1-2H3. The lowest BCUT2D eigenvalue weighted by Gasteiger charge is -2.23. The molecule has 0 saturated heterocycles. The SMILES string of the molecule is CCOCc1nc(Cl)cc(N(CC)c2ccccc2F)n1. The lowest BCUT2D eigenvalue weighted by Crippen LogP contribution is -2.19. The quantitative estimate of drug-likeness (QED) is 0.757. The van der Waals surface area contributed by atoms with Gasteiger partial charge in [0.05, 0.1) is 5.69 Å². The van der Waals surface area contributed by atoms with Crippen LogP contribution in [0.25, 0.3) is 0 Å². The molecule has 0 aliphatic heterocycles. The molecule has 1 heterocycles. The van der Waals surface area contributed by atoms with E-state index in [1.54, 1.807) is 29.2 Å². The van der Waals surface area contributed by atoms with Crippen molar-refractivity contribution >= 4 is 23.1 Å². The third-order valence-corrected chi connectivity index (χ3v) is 3.09. The van der Waals surface area contributed by atoms with Crippen molar-refractivity contribution in [2.75, 3.05) is 18.1 Å². The molecule has 6 heteroatoms. The summed E-state index contributed by atoms with van der Waals surface area (Å²) in [7, 11) is 0. The minimum absolute atomic E-state index is 0.277. The normalized spacial score (nSPS) is 10.7. The fourth-order valence-corrected chi connectivity index (χ4v) is 2.17. The van der Waals surface area contributed by atoms with E-state index in [0.29, 0.717) is 35.6 Å². The lowest BCUT2D eigenvalue weighted by molar-refractivity contribution is 0.128. The van der Waals surface area contributed by atoms with Gasteiger partial charge in [0.1, 0.15) is 23.4 Å². The van der Waals surface area contributed by atoms with Gasteiger partial charge in [-0.15, -0.1) is 0 Å². The number of anilines is 2. The van der Waals surface area contributed by atoms with Gasteiger partial charge in [-0.1, -0.05) is 23.7 Å². The Morgan fingerprint density at radius 2 is 2.00 bits per heavy atom. The van der Waals surface area contributed by atoms with Crippen molar-refractivity contribution in [1.82, 2.24) is 9.97 Å². The van der Waals surface area contributed by atoms with Crippen LogP contribution in [-0.2, 0) is 11.3 Å². The maximum atomic E-state index is 14.0. The molecule has 0 aliphatic carbocycles. The van der Waals surface area contributed by atoms with E-state index in [0.717, 1.165) is 0 Å². The Morgan fingerprint density at radius 1 is 1.24 bits per heavy atom. The predicted molar refractivity (Wildman–Crippen MR) is 81.5 cm³/mol. The fraction of sp³-hybridized carbons (Fsp3) is 0.333. The molecule has 21 heavy (non-hydrogen) atoms. The second-order valence-corrected chi connectivity index (χ2v) is 4.69. The highest BCUT2D eigenvalue weighted by atomic mass is 35.5. The Balaban J connectivity index is 2.38. The number of aromatic nitrogens is 2. The molecule has 2 aromatic rings. The topological polar surface area (TPSA) is 38.2 Å². The van der Waals surface area contributed by atoms with E-state index in [2.05, 4.69) is 9.97 Å². The highest BCUT2D eigenvalue weighted by Crippen LogP contribution is 2.27. The second-order valence-electron chi connectivity index (χ2n) is 4.30. The van der Waals surface area contributed by atoms with Gasteiger partial charge in [-0.2, -0.15) is 0 Å². The Bertz CT molecular complexity index is 609. The first-order chi connectivity index (χ1) is 10.2. The van der Waals surface area contributed by atoms with Crippen molar-refractivity contribution in [2.45, 2.75) is 20.5 Å². The molecule has 0 bridgehead atoms. The van der Waals surface area contributed by atoms with Crippen molar-refractivity contribution in [2.24, 2.45) is 0 Å². The van der Waals surface area contributed by atoms with Crippen molar-refractivity contribution in [3.63, 3.8) is 0 Å². The number of benzene rings is 1. The zero-order valence-corrected chi connectivity index (χ0v) is 12.8. The van der Waals surface area contributed by atoms with Gasteiger partial charge in [0.25, 0.3) is 0 Å². The average Bonchev–Trinajstić information content (AvgIpc) is 2.47. The molecule has 2 rings (SSSR count). The van der Waals surface area contributed by atoms with Gasteiger partial charge in [-0.05, 0) is 26.0 Å². The van der Waals surface area contributed by atoms with E-state index >= 15 is 0 Å². The fourth-order valence-electron chi connectivity index (χ4n) is 1.97. The van der Waals surface area contributed by atoms with Crippen LogP contribution < -0.4 is 4.90 Å². The van der Waals surface area contributed by atoms with Crippen LogP contribution in [0.2, 0.25) is 5.15 Å². The number of hydrogen-bond donors (Lipinski definition) is 0. The molecule has 0 aliphatic rings. The molecule has 112 valence electrons. The maximum absolute atomic E-state index is 14.0. The average molecular weight is 310 g/mol. The van der Waals surface area contributed by atoms with Crippen LogP contribution in [0.1, 0.15) is 19.7 Å². The van der Waals surface area contributed by atoms with Crippen LogP contribution >= 0.6 is 11.6 Å². The van der Waals surface area contributed by atoms with Gasteiger partial charge >= 0.3 is 0 Å². The van der Waals surface area contributed by atoms with Gasteiger partial charge in [-0.3, -0.25) is 0 Å². The summed E-state index contributed by atoms with van der Waals surface area (Å²) in [5.41, 5.74) is 0.456. The lowest BCUT2D eigenvalue weighted by atomic mass is 10.2. The summed E-state index contributed by atoms with van der Waals surface area (Å²) in [5, 5.41) is 0.310. The molecule has 0 saturated carbocycles. The van der Waals surface area contributed by atoms with E-state index in [4.69, 9.17) is 16.3 Å². The first-order valence-corrected chi connectivity index (χ1v) is 7.16. The van der Waals surface area contributed by atoms with E-state index in [1.807, 2.05) is 13.8 Å². The largest absolute Gasteiger partial charge is 0.374 e. The first kappa shape index (κ1) is 15.7. The third-order valence-electron chi connectivity index (χ3n) is 2.90. The van der Waals surface area contributed by atoms with E-state index in [-0.39, 0.29) is 12.4 Å². The maximum Gasteiger partial charge on any atom is 0.158 e. The number of hydrogen-bond acceptors (Lipinski definition) is 4. The second kappa shape index (κ2) is 7.33. The summed E-state index contributed by atoms with van der Waals surface area (Å²) in [5.74, 6) is 0.729. The highest BCUT2D eigenvalue weighted by Gasteiger charge is 2.15. The molecular weight excluding hydrogens is 293 g/mol. The van der Waals surface area contributed by atoms with Crippen LogP contribution in [0.5, 0.6) is 0 Å². The Kier molecular flexibility index (Phi) is 5.47. The zero-order valence-electron chi connectivity index (χ0n) is 12.0. The molecule has 0 spiro atoms. The molecule has 0 radical (unpaired) electrons. The van der Waals surface area contributed by atoms with Crippen LogP contribution in [0.15, 0.2) is 30.3 Å². The van der Waals surface area contributed by atoms with Crippen LogP contribution in [0.4, 0.5) is 15.9 Å². The summed E-state index contributed by atoms with van der Waals surface area (Å²) < 4.78 is 19.3. The summed E-state index contributed by atoms with van der Waals surface area (Å²) in [6.45, 7) is 5.21. The van der Waals surface area contributed by atoms with Crippen molar-refractivity contribution in [3.05, 3.63) is 47.1 Å². The molecule has 1 aromatic heterocycles. The molecule has 0 unspecified atom stereocenters. The summed E-state index contributed by atoms with van der Waals surface area (Å²) in [6.07, 6.45) is 0.